The molecule has 2 rings (SSSR count). The number of rotatable bonds is 8. The number of ether oxygens (including phenoxy) is 2. The van der Waals surface area contributed by atoms with E-state index in [0.29, 0.717) is 41.2 Å². The van der Waals surface area contributed by atoms with Crippen LogP contribution in [0.5, 0.6) is 11.5 Å². The summed E-state index contributed by atoms with van der Waals surface area (Å²) in [6, 6.07) is 10.7. The van der Waals surface area contributed by atoms with Crippen LogP contribution in [0.2, 0.25) is 5.02 Å². The van der Waals surface area contributed by atoms with Crippen molar-refractivity contribution in [3.05, 3.63) is 58.1 Å². The number of benzene rings is 2. The first-order chi connectivity index (χ1) is 12.9. The molecule has 2 aromatic carbocycles. The van der Waals surface area contributed by atoms with Crippen LogP contribution in [0.25, 0.3) is 0 Å². The molecule has 0 aromatic heterocycles. The van der Waals surface area contributed by atoms with E-state index in [9.17, 15) is 4.79 Å². The Bertz CT molecular complexity index is 819. The molecule has 27 heavy (non-hydrogen) atoms. The van der Waals surface area contributed by atoms with Crippen molar-refractivity contribution in [1.82, 2.24) is 5.43 Å². The van der Waals surface area contributed by atoms with Crippen LogP contribution in [0.15, 0.2) is 41.5 Å². The summed E-state index contributed by atoms with van der Waals surface area (Å²) in [6.45, 7) is 9.12. The Morgan fingerprint density at radius 2 is 1.96 bits per heavy atom. The van der Waals surface area contributed by atoms with Gasteiger partial charge < -0.3 is 9.47 Å². The molecule has 1 amide bonds. The minimum Gasteiger partial charge on any atom is -0.490 e. The predicted molar refractivity (Wildman–Crippen MR) is 109 cm³/mol. The van der Waals surface area contributed by atoms with Crippen LogP contribution in [-0.2, 0) is 0 Å². The first-order valence-electron chi connectivity index (χ1n) is 8.90. The summed E-state index contributed by atoms with van der Waals surface area (Å²) in [5.41, 5.74) is 4.66. The topological polar surface area (TPSA) is 59.9 Å². The van der Waals surface area contributed by atoms with Gasteiger partial charge in [0.2, 0.25) is 0 Å². The molecular formula is C21H25ClN2O3. The van der Waals surface area contributed by atoms with E-state index in [1.165, 1.54) is 0 Å². The third-order valence-corrected chi connectivity index (χ3v) is 4.06. The monoisotopic (exact) mass is 388 g/mol. The molecule has 5 nitrogen and oxygen atoms in total. The van der Waals surface area contributed by atoms with Crippen molar-refractivity contribution in [2.24, 2.45) is 11.0 Å². The zero-order valence-electron chi connectivity index (χ0n) is 16.1. The van der Waals surface area contributed by atoms with Gasteiger partial charge in [-0.25, -0.2) is 5.43 Å². The standard InChI is InChI=1S/C21H25ClN2O3/c1-5-26-20-10-16(7-9-19(20)27-13-14(2)3)12-23-24-21(25)17-8-6-15(4)18(22)11-17/h6-12,14H,5,13H2,1-4H3,(H,24,25)/b23-12-. The highest BCUT2D eigenvalue weighted by atomic mass is 35.5. The Morgan fingerprint density at radius 1 is 1.19 bits per heavy atom. The molecule has 0 spiro atoms. The molecule has 0 saturated carbocycles. The Balaban J connectivity index is 2.05. The summed E-state index contributed by atoms with van der Waals surface area (Å²) >= 11 is 6.05. The fourth-order valence-corrected chi connectivity index (χ4v) is 2.39. The van der Waals surface area contributed by atoms with E-state index < -0.39 is 0 Å². The van der Waals surface area contributed by atoms with Gasteiger partial charge in [-0.2, -0.15) is 5.10 Å². The van der Waals surface area contributed by atoms with Crippen LogP contribution >= 0.6 is 11.6 Å². The lowest BCUT2D eigenvalue weighted by Crippen LogP contribution is -2.17. The molecule has 1 N–H and O–H groups in total. The molecule has 6 heteroatoms. The second-order valence-electron chi connectivity index (χ2n) is 6.51. The maximum Gasteiger partial charge on any atom is 0.271 e. The Hall–Kier alpha value is -2.53. The summed E-state index contributed by atoms with van der Waals surface area (Å²) in [5.74, 6) is 1.45. The van der Waals surface area contributed by atoms with E-state index in [1.807, 2.05) is 32.0 Å². The number of carbonyl (C=O) groups excluding carboxylic acids is 1. The second kappa shape index (κ2) is 9.97. The van der Waals surface area contributed by atoms with Crippen LogP contribution < -0.4 is 14.9 Å². The average Bonchev–Trinajstić information content (AvgIpc) is 2.63. The first kappa shape index (κ1) is 20.8. The highest BCUT2D eigenvalue weighted by Crippen LogP contribution is 2.28. The first-order valence-corrected chi connectivity index (χ1v) is 9.27. The molecule has 0 heterocycles. The molecule has 0 fully saturated rings. The van der Waals surface area contributed by atoms with E-state index in [2.05, 4.69) is 24.4 Å². The second-order valence-corrected chi connectivity index (χ2v) is 6.91. The minimum atomic E-state index is -0.324. The number of hydrogen-bond acceptors (Lipinski definition) is 4. The van der Waals surface area contributed by atoms with E-state index in [1.54, 1.807) is 24.4 Å². The molecule has 0 aliphatic heterocycles. The molecule has 0 atom stereocenters. The SMILES string of the molecule is CCOc1cc(/C=N\NC(=O)c2ccc(C)c(Cl)c2)ccc1OCC(C)C. The van der Waals surface area contributed by atoms with E-state index >= 15 is 0 Å². The number of nitrogens with zero attached hydrogens (tertiary/aromatic N) is 1. The van der Waals surface area contributed by atoms with Crippen LogP contribution in [0, 0.1) is 12.8 Å². The van der Waals surface area contributed by atoms with Crippen molar-refractivity contribution in [2.75, 3.05) is 13.2 Å². The number of amides is 1. The number of hydrazone groups is 1. The smallest absolute Gasteiger partial charge is 0.271 e. The third kappa shape index (κ3) is 6.29. The Labute approximate surface area is 165 Å². The van der Waals surface area contributed by atoms with Gasteiger partial charge >= 0.3 is 0 Å². The maximum atomic E-state index is 12.1. The lowest BCUT2D eigenvalue weighted by Gasteiger charge is -2.13. The van der Waals surface area contributed by atoms with Crippen LogP contribution in [0.4, 0.5) is 0 Å². The lowest BCUT2D eigenvalue weighted by molar-refractivity contribution is 0.0955. The van der Waals surface area contributed by atoms with Crippen molar-refractivity contribution in [1.29, 1.82) is 0 Å². The Morgan fingerprint density at radius 3 is 2.63 bits per heavy atom. The highest BCUT2D eigenvalue weighted by molar-refractivity contribution is 6.31. The van der Waals surface area contributed by atoms with Gasteiger partial charge in [0.15, 0.2) is 11.5 Å². The zero-order valence-corrected chi connectivity index (χ0v) is 16.8. The quantitative estimate of drug-likeness (QED) is 0.519. The van der Waals surface area contributed by atoms with E-state index in [4.69, 9.17) is 21.1 Å². The number of hydrogen-bond donors (Lipinski definition) is 1. The fourth-order valence-electron chi connectivity index (χ4n) is 2.21. The number of carbonyl (C=O) groups is 1. The maximum absolute atomic E-state index is 12.1. The molecule has 144 valence electrons. The van der Waals surface area contributed by atoms with Gasteiger partial charge in [-0.05, 0) is 61.2 Å². The number of nitrogens with one attached hydrogen (secondary N) is 1. The van der Waals surface area contributed by atoms with Gasteiger partial charge in [-0.15, -0.1) is 0 Å². The van der Waals surface area contributed by atoms with Gasteiger partial charge in [0, 0.05) is 10.6 Å². The van der Waals surface area contributed by atoms with E-state index in [-0.39, 0.29) is 5.91 Å². The summed E-state index contributed by atoms with van der Waals surface area (Å²) in [7, 11) is 0. The molecule has 0 unspecified atom stereocenters. The van der Waals surface area contributed by atoms with Crippen LogP contribution in [-0.4, -0.2) is 25.3 Å². The zero-order chi connectivity index (χ0) is 19.8. The van der Waals surface area contributed by atoms with Gasteiger partial charge in [-0.3, -0.25) is 4.79 Å². The van der Waals surface area contributed by atoms with Crippen molar-refractivity contribution in [2.45, 2.75) is 27.7 Å². The lowest BCUT2D eigenvalue weighted by atomic mass is 10.1. The van der Waals surface area contributed by atoms with Crippen LogP contribution in [0.1, 0.15) is 42.3 Å². The van der Waals surface area contributed by atoms with Crippen molar-refractivity contribution < 1.29 is 14.3 Å². The third-order valence-electron chi connectivity index (χ3n) is 3.65. The van der Waals surface area contributed by atoms with E-state index in [0.717, 1.165) is 11.1 Å². The van der Waals surface area contributed by atoms with Gasteiger partial charge in [0.1, 0.15) is 0 Å². The Kier molecular flexibility index (Phi) is 7.67. The molecule has 0 aliphatic rings. The fraction of sp³-hybridized carbons (Fsp3) is 0.333. The minimum absolute atomic E-state index is 0.324. The van der Waals surface area contributed by atoms with Gasteiger partial charge in [0.25, 0.3) is 5.91 Å². The molecule has 0 aliphatic carbocycles. The summed E-state index contributed by atoms with van der Waals surface area (Å²) in [5, 5.41) is 4.56. The molecular weight excluding hydrogens is 364 g/mol. The number of halogens is 1. The molecule has 0 radical (unpaired) electrons. The highest BCUT2D eigenvalue weighted by Gasteiger charge is 2.08. The number of aryl methyl sites for hydroxylation is 1. The molecule has 0 bridgehead atoms. The normalized spacial score (nSPS) is 11.0. The predicted octanol–water partition coefficient (Wildman–Crippen LogP) is 4.85. The van der Waals surface area contributed by atoms with Crippen molar-refractivity contribution in [3.63, 3.8) is 0 Å². The molecule has 0 saturated heterocycles. The van der Waals surface area contributed by atoms with Crippen molar-refractivity contribution in [3.8, 4) is 11.5 Å². The summed E-state index contributed by atoms with van der Waals surface area (Å²) in [4.78, 5) is 12.1. The average molecular weight is 389 g/mol. The van der Waals surface area contributed by atoms with Gasteiger partial charge in [-0.1, -0.05) is 31.5 Å². The van der Waals surface area contributed by atoms with Gasteiger partial charge in [0.05, 0.1) is 19.4 Å². The molecule has 2 aromatic rings. The van der Waals surface area contributed by atoms with Crippen molar-refractivity contribution >= 4 is 23.7 Å². The van der Waals surface area contributed by atoms with Crippen LogP contribution in [0.3, 0.4) is 0 Å². The summed E-state index contributed by atoms with van der Waals surface area (Å²) < 4.78 is 11.4. The summed E-state index contributed by atoms with van der Waals surface area (Å²) in [6.07, 6.45) is 1.56. The largest absolute Gasteiger partial charge is 0.490 e.